The van der Waals surface area contributed by atoms with E-state index < -0.39 is 0 Å². The highest BCUT2D eigenvalue weighted by atomic mass is 19.1. The number of rotatable bonds is 7. The Hall–Kier alpha value is -1.58. The predicted molar refractivity (Wildman–Crippen MR) is 65.8 cm³/mol. The second kappa shape index (κ2) is 6.82. The van der Waals surface area contributed by atoms with Gasteiger partial charge in [-0.25, -0.2) is 0 Å². The molecule has 0 fully saturated rings. The minimum absolute atomic E-state index is 0.168. The summed E-state index contributed by atoms with van der Waals surface area (Å²) in [6.45, 7) is 1.01. The molecule has 0 saturated carbocycles. The third kappa shape index (κ3) is 4.29. The van der Waals surface area contributed by atoms with Gasteiger partial charge in [0, 0.05) is 25.2 Å². The zero-order chi connectivity index (χ0) is 11.8. The van der Waals surface area contributed by atoms with Crippen molar-refractivity contribution in [2.45, 2.75) is 12.8 Å². The number of nitrogens with two attached hydrogens (primary N) is 1. The van der Waals surface area contributed by atoms with Crippen LogP contribution in [0.1, 0.15) is 12.8 Å². The van der Waals surface area contributed by atoms with Gasteiger partial charge in [0.2, 0.25) is 0 Å². The van der Waals surface area contributed by atoms with Gasteiger partial charge >= 0.3 is 0 Å². The van der Waals surface area contributed by atoms with Gasteiger partial charge in [-0.1, -0.05) is 18.2 Å². The molecule has 0 aliphatic carbocycles. The zero-order valence-electron chi connectivity index (χ0n) is 9.32. The van der Waals surface area contributed by atoms with Crippen molar-refractivity contribution in [2.75, 3.05) is 24.7 Å². The first-order chi connectivity index (χ1) is 7.74. The second-order valence-corrected chi connectivity index (χ2v) is 3.64. The van der Waals surface area contributed by atoms with E-state index in [0.717, 1.165) is 5.69 Å². The van der Waals surface area contributed by atoms with Gasteiger partial charge in [0.25, 0.3) is 0 Å². The van der Waals surface area contributed by atoms with Crippen LogP contribution in [0.25, 0.3) is 0 Å². The van der Waals surface area contributed by atoms with E-state index in [1.165, 1.54) is 0 Å². The van der Waals surface area contributed by atoms with Crippen molar-refractivity contribution in [2.24, 2.45) is 5.73 Å². The number of alkyl halides is 1. The maximum Gasteiger partial charge on any atom is 0.0923 e. The molecule has 0 heterocycles. The zero-order valence-corrected chi connectivity index (χ0v) is 9.32. The number of halogens is 1. The molecule has 0 spiro atoms. The monoisotopic (exact) mass is 223 g/mol. The fourth-order valence-corrected chi connectivity index (χ4v) is 1.51. The lowest BCUT2D eigenvalue weighted by molar-refractivity contribution is 0.471. The molecule has 3 nitrogen and oxygen atoms in total. The van der Waals surface area contributed by atoms with E-state index in [2.05, 4.69) is 4.90 Å². The van der Waals surface area contributed by atoms with Gasteiger partial charge in [-0.2, -0.15) is 0 Å². The summed E-state index contributed by atoms with van der Waals surface area (Å²) in [5.41, 5.74) is 6.38. The van der Waals surface area contributed by atoms with Crippen LogP contribution in [0.2, 0.25) is 0 Å². The number of amidine groups is 1. The average molecular weight is 223 g/mol. The molecule has 0 saturated heterocycles. The molecule has 16 heavy (non-hydrogen) atoms. The fourth-order valence-electron chi connectivity index (χ4n) is 1.51. The van der Waals surface area contributed by atoms with E-state index in [4.69, 9.17) is 11.1 Å². The van der Waals surface area contributed by atoms with Gasteiger partial charge in [0.15, 0.2) is 0 Å². The van der Waals surface area contributed by atoms with Crippen molar-refractivity contribution >= 4 is 11.5 Å². The third-order valence-corrected chi connectivity index (χ3v) is 2.33. The van der Waals surface area contributed by atoms with Crippen molar-refractivity contribution in [1.82, 2.24) is 0 Å². The number of para-hydroxylation sites is 1. The van der Waals surface area contributed by atoms with Crippen LogP contribution in [0, 0.1) is 5.41 Å². The summed E-state index contributed by atoms with van der Waals surface area (Å²) in [7, 11) is 0. The van der Waals surface area contributed by atoms with E-state index in [1.54, 1.807) is 0 Å². The number of hydrogen-bond donors (Lipinski definition) is 2. The van der Waals surface area contributed by atoms with Gasteiger partial charge in [-0.3, -0.25) is 9.80 Å². The molecule has 0 amide bonds. The number of benzene rings is 1. The maximum absolute atomic E-state index is 12.2. The molecular weight excluding hydrogens is 205 g/mol. The van der Waals surface area contributed by atoms with Crippen molar-refractivity contribution in [1.29, 1.82) is 5.41 Å². The summed E-state index contributed by atoms with van der Waals surface area (Å²) < 4.78 is 12.2. The Balaban J connectivity index is 2.59. The topological polar surface area (TPSA) is 53.1 Å². The van der Waals surface area contributed by atoms with Gasteiger partial charge in [-0.05, 0) is 18.6 Å². The highest BCUT2D eigenvalue weighted by Crippen LogP contribution is 2.13. The third-order valence-electron chi connectivity index (χ3n) is 2.33. The number of hydrogen-bond acceptors (Lipinski definition) is 2. The van der Waals surface area contributed by atoms with Gasteiger partial charge in [0.1, 0.15) is 0 Å². The van der Waals surface area contributed by atoms with Crippen LogP contribution in [0.5, 0.6) is 0 Å². The van der Waals surface area contributed by atoms with E-state index >= 15 is 0 Å². The van der Waals surface area contributed by atoms with E-state index in [9.17, 15) is 4.39 Å². The highest BCUT2D eigenvalue weighted by molar-refractivity contribution is 5.77. The van der Waals surface area contributed by atoms with E-state index in [-0.39, 0.29) is 12.5 Å². The second-order valence-electron chi connectivity index (χ2n) is 3.64. The SMILES string of the molecule is N=C(N)CCN(CCCF)c1ccccc1. The molecule has 1 rings (SSSR count). The summed E-state index contributed by atoms with van der Waals surface area (Å²) in [6, 6.07) is 9.82. The molecule has 0 aliphatic heterocycles. The summed E-state index contributed by atoms with van der Waals surface area (Å²) in [5, 5.41) is 7.20. The van der Waals surface area contributed by atoms with Crippen LogP contribution in [0.3, 0.4) is 0 Å². The minimum atomic E-state index is -0.316. The van der Waals surface area contributed by atoms with Crippen LogP contribution >= 0.6 is 0 Å². The number of anilines is 1. The lowest BCUT2D eigenvalue weighted by atomic mass is 10.2. The molecule has 0 bridgehead atoms. The molecule has 88 valence electrons. The van der Waals surface area contributed by atoms with E-state index in [0.29, 0.717) is 25.9 Å². The molecule has 1 aromatic carbocycles. The Morgan fingerprint density at radius 3 is 2.50 bits per heavy atom. The number of nitrogens with zero attached hydrogens (tertiary/aromatic N) is 1. The first-order valence-corrected chi connectivity index (χ1v) is 5.43. The largest absolute Gasteiger partial charge is 0.388 e. The van der Waals surface area contributed by atoms with Crippen LogP contribution in [-0.2, 0) is 0 Å². The lowest BCUT2D eigenvalue weighted by Gasteiger charge is -2.24. The Kier molecular flexibility index (Phi) is 5.32. The molecule has 0 atom stereocenters. The predicted octanol–water partition coefficient (Wildman–Crippen LogP) is 2.18. The molecule has 0 aromatic heterocycles. The standard InChI is InChI=1S/C12H18FN3/c13-8-4-9-16(10-7-12(14)15)11-5-2-1-3-6-11/h1-3,5-6H,4,7-10H2,(H3,14,15). The molecular formula is C12H18FN3. The smallest absolute Gasteiger partial charge is 0.0923 e. The molecule has 4 heteroatoms. The number of nitrogens with one attached hydrogen (secondary N) is 1. The van der Waals surface area contributed by atoms with Crippen molar-refractivity contribution in [3.8, 4) is 0 Å². The molecule has 1 aromatic rings. The summed E-state index contributed by atoms with van der Waals surface area (Å²) in [4.78, 5) is 2.06. The molecule has 0 radical (unpaired) electrons. The van der Waals surface area contributed by atoms with Gasteiger partial charge in [-0.15, -0.1) is 0 Å². The quantitative estimate of drug-likeness (QED) is 0.550. The average Bonchev–Trinajstić information content (AvgIpc) is 2.30. The van der Waals surface area contributed by atoms with Crippen LogP contribution < -0.4 is 10.6 Å². The van der Waals surface area contributed by atoms with Crippen LogP contribution in [-0.4, -0.2) is 25.6 Å². The van der Waals surface area contributed by atoms with Crippen molar-refractivity contribution in [3.63, 3.8) is 0 Å². The molecule has 0 unspecified atom stereocenters. The van der Waals surface area contributed by atoms with Crippen molar-refractivity contribution in [3.05, 3.63) is 30.3 Å². The lowest BCUT2D eigenvalue weighted by Crippen LogP contribution is -2.29. The minimum Gasteiger partial charge on any atom is -0.388 e. The Morgan fingerprint density at radius 1 is 1.25 bits per heavy atom. The normalized spacial score (nSPS) is 10.1. The first kappa shape index (κ1) is 12.5. The first-order valence-electron chi connectivity index (χ1n) is 5.43. The Bertz CT molecular complexity index is 313. The maximum atomic E-state index is 12.2. The van der Waals surface area contributed by atoms with Crippen molar-refractivity contribution < 1.29 is 4.39 Å². The summed E-state index contributed by atoms with van der Waals surface area (Å²) in [5.74, 6) is 0.168. The molecule has 3 N–H and O–H groups in total. The highest BCUT2D eigenvalue weighted by Gasteiger charge is 2.05. The van der Waals surface area contributed by atoms with Crippen LogP contribution in [0.15, 0.2) is 30.3 Å². The molecule has 0 aliphatic rings. The van der Waals surface area contributed by atoms with Gasteiger partial charge < -0.3 is 10.6 Å². The Morgan fingerprint density at radius 2 is 1.94 bits per heavy atom. The fraction of sp³-hybridized carbons (Fsp3) is 0.417. The van der Waals surface area contributed by atoms with Gasteiger partial charge in [0.05, 0.1) is 12.5 Å². The summed E-state index contributed by atoms with van der Waals surface area (Å²) in [6.07, 6.45) is 1.02. The van der Waals surface area contributed by atoms with E-state index in [1.807, 2.05) is 30.3 Å². The Labute approximate surface area is 95.6 Å². The summed E-state index contributed by atoms with van der Waals surface area (Å²) >= 11 is 0. The van der Waals surface area contributed by atoms with Crippen LogP contribution in [0.4, 0.5) is 10.1 Å².